The van der Waals surface area contributed by atoms with Gasteiger partial charge in [0, 0.05) is 31.0 Å². The summed E-state index contributed by atoms with van der Waals surface area (Å²) in [6.07, 6.45) is 1.81. The molecule has 31 heavy (non-hydrogen) atoms. The predicted molar refractivity (Wildman–Crippen MR) is 116 cm³/mol. The molecule has 0 unspecified atom stereocenters. The lowest BCUT2D eigenvalue weighted by Crippen LogP contribution is -2.36. The smallest absolute Gasteiger partial charge is 0.416 e. The van der Waals surface area contributed by atoms with Gasteiger partial charge in [0.05, 0.1) is 30.9 Å². The molecule has 0 spiro atoms. The maximum absolute atomic E-state index is 13.5. The molecule has 0 aliphatic rings. The van der Waals surface area contributed by atoms with Crippen molar-refractivity contribution in [2.75, 3.05) is 19.0 Å². The third-order valence-electron chi connectivity index (χ3n) is 4.60. The summed E-state index contributed by atoms with van der Waals surface area (Å²) in [6.45, 7) is 0.481. The average molecular weight is 450 g/mol. The molecule has 10 heteroatoms. The fourth-order valence-electron chi connectivity index (χ4n) is 3.05. The van der Waals surface area contributed by atoms with E-state index in [1.54, 1.807) is 41.8 Å². The van der Waals surface area contributed by atoms with Crippen molar-refractivity contribution in [2.24, 2.45) is 0 Å². The molecule has 3 rings (SSSR count). The Kier molecular flexibility index (Phi) is 7.45. The highest BCUT2D eigenvalue weighted by molar-refractivity contribution is 7.80. The van der Waals surface area contributed by atoms with Gasteiger partial charge in [-0.3, -0.25) is 0 Å². The van der Waals surface area contributed by atoms with Gasteiger partial charge in [-0.25, -0.2) is 9.97 Å². The van der Waals surface area contributed by atoms with Gasteiger partial charge in [-0.2, -0.15) is 13.2 Å². The molecule has 0 saturated heterocycles. The molecule has 2 aromatic heterocycles. The van der Waals surface area contributed by atoms with E-state index in [1.807, 2.05) is 0 Å². The van der Waals surface area contributed by atoms with Crippen LogP contribution in [0.4, 0.5) is 18.9 Å². The van der Waals surface area contributed by atoms with Crippen molar-refractivity contribution >= 4 is 23.0 Å². The molecule has 0 saturated carbocycles. The Morgan fingerprint density at radius 2 is 2.00 bits per heavy atom. The second kappa shape index (κ2) is 10.3. The number of hydrogen-bond donors (Lipinski definition) is 2. The number of nitrogens with one attached hydrogen (secondary N) is 2. The highest BCUT2D eigenvalue weighted by Crippen LogP contribution is 2.32. The minimum Gasteiger partial charge on any atom is -0.481 e. The van der Waals surface area contributed by atoms with Crippen molar-refractivity contribution in [1.29, 1.82) is 0 Å². The highest BCUT2D eigenvalue weighted by atomic mass is 32.1. The molecule has 0 radical (unpaired) electrons. The van der Waals surface area contributed by atoms with Crippen LogP contribution in [0.2, 0.25) is 0 Å². The first kappa shape index (κ1) is 22.5. The zero-order valence-electron chi connectivity index (χ0n) is 16.8. The van der Waals surface area contributed by atoms with E-state index in [9.17, 15) is 13.2 Å². The van der Waals surface area contributed by atoms with Crippen molar-refractivity contribution in [3.05, 3.63) is 71.9 Å². The lowest BCUT2D eigenvalue weighted by molar-refractivity contribution is -0.138. The van der Waals surface area contributed by atoms with Gasteiger partial charge >= 0.3 is 6.18 Å². The second-order valence-corrected chi connectivity index (χ2v) is 7.16. The first-order valence-electron chi connectivity index (χ1n) is 9.55. The Balaban J connectivity index is 1.76. The summed E-state index contributed by atoms with van der Waals surface area (Å²) in [5.41, 5.74) is 1.07. The van der Waals surface area contributed by atoms with Crippen LogP contribution in [0.3, 0.4) is 0 Å². The first-order chi connectivity index (χ1) is 14.9. The molecule has 2 N–H and O–H groups in total. The summed E-state index contributed by atoms with van der Waals surface area (Å²) >= 11 is 5.52. The van der Waals surface area contributed by atoms with Gasteiger partial charge in [0.2, 0.25) is 5.88 Å². The van der Waals surface area contributed by atoms with Crippen molar-refractivity contribution in [3.63, 3.8) is 0 Å². The summed E-state index contributed by atoms with van der Waals surface area (Å²) in [7, 11) is 1.51. The zero-order chi connectivity index (χ0) is 22.3. The van der Waals surface area contributed by atoms with Gasteiger partial charge in [-0.1, -0.05) is 18.2 Å². The van der Waals surface area contributed by atoms with Crippen LogP contribution in [-0.4, -0.2) is 38.6 Å². The SMILES string of the molecule is COc1ccc(NC(=S)N(CCCc2cnc[nH]2)Cc2ccccc2C(F)(F)F)cn1. The number of rotatable bonds is 8. The number of nitrogens with zero attached hydrogens (tertiary/aromatic N) is 3. The summed E-state index contributed by atoms with van der Waals surface area (Å²) in [5, 5.41) is 3.37. The van der Waals surface area contributed by atoms with Gasteiger partial charge in [0.1, 0.15) is 0 Å². The molecule has 3 aromatic rings. The maximum Gasteiger partial charge on any atom is 0.416 e. The third kappa shape index (κ3) is 6.42. The molecule has 0 amide bonds. The molecular weight excluding hydrogens is 427 g/mol. The van der Waals surface area contributed by atoms with E-state index in [4.69, 9.17) is 17.0 Å². The van der Waals surface area contributed by atoms with Crippen LogP contribution in [0.25, 0.3) is 0 Å². The lowest BCUT2D eigenvalue weighted by atomic mass is 10.1. The highest BCUT2D eigenvalue weighted by Gasteiger charge is 2.33. The summed E-state index contributed by atoms with van der Waals surface area (Å²) < 4.78 is 45.4. The lowest BCUT2D eigenvalue weighted by Gasteiger charge is -2.27. The number of aromatic nitrogens is 3. The Morgan fingerprint density at radius 1 is 1.19 bits per heavy atom. The molecule has 1 aromatic carbocycles. The van der Waals surface area contributed by atoms with E-state index in [2.05, 4.69) is 20.3 Å². The number of imidazole rings is 1. The molecule has 164 valence electrons. The van der Waals surface area contributed by atoms with Gasteiger partial charge in [0.25, 0.3) is 0 Å². The second-order valence-electron chi connectivity index (χ2n) is 6.78. The molecule has 0 aliphatic carbocycles. The summed E-state index contributed by atoms with van der Waals surface area (Å²) in [5.74, 6) is 0.451. The van der Waals surface area contributed by atoms with Crippen molar-refractivity contribution < 1.29 is 17.9 Å². The standard InChI is InChI=1S/C21H22F3N5OS/c1-30-19-9-8-17(12-26-19)28-20(31)29(10-4-6-16-11-25-14-27-16)13-15-5-2-3-7-18(15)21(22,23)24/h2-3,5,7-9,11-12,14H,4,6,10,13H2,1H3,(H,25,27)(H,28,31). The first-order valence-corrected chi connectivity index (χ1v) is 9.96. The number of pyridine rings is 1. The monoisotopic (exact) mass is 449 g/mol. The quantitative estimate of drug-likeness (QED) is 0.488. The van der Waals surface area contributed by atoms with Crippen LogP contribution in [0.5, 0.6) is 5.88 Å². The van der Waals surface area contributed by atoms with Crippen LogP contribution < -0.4 is 10.1 Å². The number of anilines is 1. The van der Waals surface area contributed by atoms with Crippen LogP contribution in [-0.2, 0) is 19.1 Å². The van der Waals surface area contributed by atoms with Gasteiger partial charge in [-0.15, -0.1) is 0 Å². The summed E-state index contributed by atoms with van der Waals surface area (Å²) in [4.78, 5) is 12.8. The Hall–Kier alpha value is -3.14. The molecule has 6 nitrogen and oxygen atoms in total. The minimum absolute atomic E-state index is 0.0219. The number of aryl methyl sites for hydroxylation is 1. The zero-order valence-corrected chi connectivity index (χ0v) is 17.6. The van der Waals surface area contributed by atoms with Crippen LogP contribution in [0, 0.1) is 0 Å². The maximum atomic E-state index is 13.5. The van der Waals surface area contributed by atoms with Crippen LogP contribution in [0.1, 0.15) is 23.2 Å². The number of thiocarbonyl (C=S) groups is 1. The van der Waals surface area contributed by atoms with E-state index in [0.717, 1.165) is 11.8 Å². The van der Waals surface area contributed by atoms with Gasteiger partial charge in [-0.05, 0) is 42.8 Å². The fraction of sp³-hybridized carbons (Fsp3) is 0.286. The molecule has 0 fully saturated rings. The fourth-order valence-corrected chi connectivity index (χ4v) is 3.33. The topological polar surface area (TPSA) is 66.1 Å². The van der Waals surface area contributed by atoms with E-state index in [1.165, 1.54) is 19.2 Å². The van der Waals surface area contributed by atoms with Crippen molar-refractivity contribution in [3.8, 4) is 5.88 Å². The number of halogens is 3. The molecule has 0 aliphatic heterocycles. The summed E-state index contributed by atoms with van der Waals surface area (Å²) in [6, 6.07) is 8.95. The van der Waals surface area contributed by atoms with Crippen LogP contribution >= 0.6 is 12.2 Å². The molecule has 0 atom stereocenters. The number of ether oxygens (including phenoxy) is 1. The largest absolute Gasteiger partial charge is 0.481 e. The Labute approximate surface area is 183 Å². The van der Waals surface area contributed by atoms with Crippen LogP contribution in [0.15, 0.2) is 55.1 Å². The van der Waals surface area contributed by atoms with Gasteiger partial charge < -0.3 is 19.9 Å². The van der Waals surface area contributed by atoms with E-state index < -0.39 is 11.7 Å². The van der Waals surface area contributed by atoms with Crippen molar-refractivity contribution in [1.82, 2.24) is 19.9 Å². The van der Waals surface area contributed by atoms with E-state index in [0.29, 0.717) is 36.1 Å². The number of aromatic amines is 1. The number of alkyl halides is 3. The van der Waals surface area contributed by atoms with E-state index >= 15 is 0 Å². The molecule has 2 heterocycles. The Morgan fingerprint density at radius 3 is 2.65 bits per heavy atom. The average Bonchev–Trinajstić information content (AvgIpc) is 3.26. The molecular formula is C21H22F3N5OS. The van der Waals surface area contributed by atoms with Gasteiger partial charge in [0.15, 0.2) is 5.11 Å². The van der Waals surface area contributed by atoms with Crippen molar-refractivity contribution in [2.45, 2.75) is 25.6 Å². The number of hydrogen-bond acceptors (Lipinski definition) is 4. The number of methoxy groups -OCH3 is 1. The minimum atomic E-state index is -4.44. The number of benzene rings is 1. The predicted octanol–water partition coefficient (Wildman–Crippen LogP) is 4.66. The third-order valence-corrected chi connectivity index (χ3v) is 4.96. The van der Waals surface area contributed by atoms with E-state index in [-0.39, 0.29) is 12.1 Å². The molecule has 0 bridgehead atoms. The number of H-pyrrole nitrogens is 1. The normalized spacial score (nSPS) is 11.2. The Bertz CT molecular complexity index is 977.